The lowest BCUT2D eigenvalue weighted by Crippen LogP contribution is -2.38. The van der Waals surface area contributed by atoms with Crippen molar-refractivity contribution in [3.8, 4) is 11.3 Å². The van der Waals surface area contributed by atoms with Crippen LogP contribution in [0.3, 0.4) is 0 Å². The predicted molar refractivity (Wildman–Crippen MR) is 106 cm³/mol. The van der Waals surface area contributed by atoms with E-state index in [0.29, 0.717) is 24.5 Å². The van der Waals surface area contributed by atoms with Crippen molar-refractivity contribution in [2.45, 2.75) is 33.4 Å². The van der Waals surface area contributed by atoms with Gasteiger partial charge in [0.1, 0.15) is 12.2 Å². The van der Waals surface area contributed by atoms with E-state index in [4.69, 9.17) is 16.1 Å². The van der Waals surface area contributed by atoms with E-state index in [1.54, 1.807) is 17.0 Å². The molecule has 1 aliphatic rings. The zero-order valence-electron chi connectivity index (χ0n) is 15.7. The van der Waals surface area contributed by atoms with E-state index in [9.17, 15) is 9.59 Å². The number of carbonyl (C=O) groups is 1. The van der Waals surface area contributed by atoms with Crippen molar-refractivity contribution < 1.29 is 9.32 Å². The van der Waals surface area contributed by atoms with Gasteiger partial charge in [0.25, 0.3) is 0 Å². The van der Waals surface area contributed by atoms with Crippen molar-refractivity contribution >= 4 is 17.5 Å². The minimum Gasteiger partial charge on any atom is -0.356 e. The molecule has 0 saturated carbocycles. The van der Waals surface area contributed by atoms with E-state index < -0.39 is 0 Å². The van der Waals surface area contributed by atoms with Gasteiger partial charge in [0.05, 0.1) is 6.54 Å². The van der Waals surface area contributed by atoms with Gasteiger partial charge in [-0.1, -0.05) is 16.8 Å². The van der Waals surface area contributed by atoms with Crippen molar-refractivity contribution in [2.75, 3.05) is 6.54 Å². The number of amides is 1. The third-order valence-corrected chi connectivity index (χ3v) is 5.40. The molecule has 6 nitrogen and oxygen atoms in total. The highest BCUT2D eigenvalue weighted by atomic mass is 35.5. The molecule has 1 amide bonds. The number of halogens is 1. The van der Waals surface area contributed by atoms with Gasteiger partial charge in [-0.3, -0.25) is 9.59 Å². The molecule has 0 fully saturated rings. The van der Waals surface area contributed by atoms with Crippen LogP contribution in [0.5, 0.6) is 0 Å². The van der Waals surface area contributed by atoms with Crippen LogP contribution in [0.2, 0.25) is 5.02 Å². The molecule has 3 heterocycles. The Kier molecular flexibility index (Phi) is 4.81. The molecule has 3 aromatic rings. The van der Waals surface area contributed by atoms with Crippen molar-refractivity contribution in [1.29, 1.82) is 0 Å². The summed E-state index contributed by atoms with van der Waals surface area (Å²) in [5, 5.41) is 4.86. The zero-order valence-corrected chi connectivity index (χ0v) is 16.5. The zero-order chi connectivity index (χ0) is 19.8. The second kappa shape index (κ2) is 7.28. The number of nitrogens with zero attached hydrogens (tertiary/aromatic N) is 3. The summed E-state index contributed by atoms with van der Waals surface area (Å²) >= 11 is 5.96. The summed E-state index contributed by atoms with van der Waals surface area (Å²) in [4.78, 5) is 26.2. The smallest absolute Gasteiger partial charge is 0.242 e. The molecule has 4 rings (SSSR count). The first-order chi connectivity index (χ1) is 13.4. The number of hydrogen-bond acceptors (Lipinski definition) is 4. The summed E-state index contributed by atoms with van der Waals surface area (Å²) in [6.07, 6.45) is 0.685. The third kappa shape index (κ3) is 3.47. The molecule has 0 aliphatic carbocycles. The highest BCUT2D eigenvalue weighted by Gasteiger charge is 2.27. The lowest BCUT2D eigenvalue weighted by molar-refractivity contribution is -0.132. The standard InChI is InChI=1S/C21H20ClN3O3/c1-13-9-17(26)10-14(2)25(13)12-20(27)24-8-7-18-19(11-24)23-28-21(18)15-3-5-16(22)6-4-15/h3-6,9-10H,7-8,11-12H2,1-2H3. The fraction of sp³-hybridized carbons (Fsp3) is 0.286. The van der Waals surface area contributed by atoms with Gasteiger partial charge >= 0.3 is 0 Å². The summed E-state index contributed by atoms with van der Waals surface area (Å²) in [6.45, 7) is 4.91. The largest absolute Gasteiger partial charge is 0.356 e. The van der Waals surface area contributed by atoms with Gasteiger partial charge < -0.3 is 14.0 Å². The number of carbonyl (C=O) groups excluding carboxylic acids is 1. The van der Waals surface area contributed by atoms with Crippen LogP contribution in [0, 0.1) is 13.8 Å². The van der Waals surface area contributed by atoms with E-state index >= 15 is 0 Å². The van der Waals surface area contributed by atoms with Crippen LogP contribution in [0.25, 0.3) is 11.3 Å². The topological polar surface area (TPSA) is 68.3 Å². The summed E-state index contributed by atoms with van der Waals surface area (Å²) < 4.78 is 7.43. The average Bonchev–Trinajstić information content (AvgIpc) is 3.08. The number of hydrogen-bond donors (Lipinski definition) is 0. The van der Waals surface area contributed by atoms with Crippen LogP contribution in [0.4, 0.5) is 0 Å². The Morgan fingerprint density at radius 2 is 1.86 bits per heavy atom. The molecule has 1 aliphatic heterocycles. The summed E-state index contributed by atoms with van der Waals surface area (Å²) in [5.41, 5.74) is 4.28. The second-order valence-corrected chi connectivity index (χ2v) is 7.51. The van der Waals surface area contributed by atoms with Crippen LogP contribution in [-0.2, 0) is 24.3 Å². The molecule has 0 N–H and O–H groups in total. The Balaban J connectivity index is 1.53. The fourth-order valence-corrected chi connectivity index (χ4v) is 3.77. The normalized spacial score (nSPS) is 13.5. The van der Waals surface area contributed by atoms with Gasteiger partial charge in [0.2, 0.25) is 5.91 Å². The molecule has 7 heteroatoms. The van der Waals surface area contributed by atoms with Crippen LogP contribution < -0.4 is 5.43 Å². The number of aromatic nitrogens is 2. The molecule has 0 saturated heterocycles. The number of benzene rings is 1. The lowest BCUT2D eigenvalue weighted by Gasteiger charge is -2.27. The van der Waals surface area contributed by atoms with Gasteiger partial charge in [-0.2, -0.15) is 0 Å². The number of pyridine rings is 1. The minimum atomic E-state index is -0.0429. The minimum absolute atomic E-state index is 0.00320. The van der Waals surface area contributed by atoms with Crippen molar-refractivity contribution in [3.63, 3.8) is 0 Å². The van der Waals surface area contributed by atoms with Gasteiger partial charge in [-0.25, -0.2) is 0 Å². The molecule has 0 unspecified atom stereocenters. The number of fused-ring (bicyclic) bond motifs is 1. The van der Waals surface area contributed by atoms with Crippen molar-refractivity contribution in [3.05, 3.63) is 74.3 Å². The van der Waals surface area contributed by atoms with E-state index in [2.05, 4.69) is 5.16 Å². The van der Waals surface area contributed by atoms with Crippen LogP contribution >= 0.6 is 11.6 Å². The molecule has 0 radical (unpaired) electrons. The van der Waals surface area contributed by atoms with Gasteiger partial charge in [0, 0.05) is 46.2 Å². The summed E-state index contributed by atoms with van der Waals surface area (Å²) in [7, 11) is 0. The monoisotopic (exact) mass is 397 g/mol. The molecule has 144 valence electrons. The van der Waals surface area contributed by atoms with E-state index in [1.165, 1.54) is 0 Å². The fourth-order valence-electron chi connectivity index (χ4n) is 3.64. The Labute approximate surface area is 167 Å². The van der Waals surface area contributed by atoms with Crippen molar-refractivity contribution in [1.82, 2.24) is 14.6 Å². The Morgan fingerprint density at radius 3 is 2.54 bits per heavy atom. The third-order valence-electron chi connectivity index (χ3n) is 5.15. The van der Waals surface area contributed by atoms with E-state index in [1.807, 2.05) is 42.7 Å². The molecule has 0 atom stereocenters. The Bertz CT molecular complexity index is 1070. The molecular weight excluding hydrogens is 378 g/mol. The maximum absolute atomic E-state index is 12.8. The number of aryl methyl sites for hydroxylation is 2. The molecule has 1 aromatic carbocycles. The number of rotatable bonds is 3. The Hall–Kier alpha value is -2.86. The summed E-state index contributed by atoms with van der Waals surface area (Å²) in [6, 6.07) is 10.5. The average molecular weight is 398 g/mol. The first-order valence-electron chi connectivity index (χ1n) is 9.11. The molecule has 2 aromatic heterocycles. The first-order valence-corrected chi connectivity index (χ1v) is 9.49. The highest BCUT2D eigenvalue weighted by Crippen LogP contribution is 2.31. The van der Waals surface area contributed by atoms with Crippen LogP contribution in [-0.4, -0.2) is 27.1 Å². The first kappa shape index (κ1) is 18.5. The van der Waals surface area contributed by atoms with Crippen LogP contribution in [0.1, 0.15) is 22.6 Å². The quantitative estimate of drug-likeness (QED) is 0.679. The summed E-state index contributed by atoms with van der Waals surface area (Å²) in [5.74, 6) is 0.738. The van der Waals surface area contributed by atoms with E-state index in [0.717, 1.165) is 34.0 Å². The maximum atomic E-state index is 12.8. The SMILES string of the molecule is Cc1cc(=O)cc(C)n1CC(=O)N1CCc2c(noc2-c2ccc(Cl)cc2)C1. The van der Waals surface area contributed by atoms with Crippen LogP contribution in [0.15, 0.2) is 45.7 Å². The van der Waals surface area contributed by atoms with Gasteiger partial charge in [-0.05, 0) is 44.5 Å². The predicted octanol–water partition coefficient (Wildman–Crippen LogP) is 3.36. The second-order valence-electron chi connectivity index (χ2n) is 7.07. The maximum Gasteiger partial charge on any atom is 0.242 e. The van der Waals surface area contributed by atoms with E-state index in [-0.39, 0.29) is 17.9 Å². The van der Waals surface area contributed by atoms with Gasteiger partial charge in [0.15, 0.2) is 11.2 Å². The Morgan fingerprint density at radius 1 is 1.18 bits per heavy atom. The highest BCUT2D eigenvalue weighted by molar-refractivity contribution is 6.30. The molecule has 0 spiro atoms. The molecular formula is C21H20ClN3O3. The van der Waals surface area contributed by atoms with Crippen molar-refractivity contribution in [2.24, 2.45) is 0 Å². The molecule has 28 heavy (non-hydrogen) atoms. The molecule has 0 bridgehead atoms. The van der Waals surface area contributed by atoms with Gasteiger partial charge in [-0.15, -0.1) is 0 Å². The lowest BCUT2D eigenvalue weighted by atomic mass is 10.0.